The highest BCUT2D eigenvalue weighted by molar-refractivity contribution is 7.18. The maximum absolute atomic E-state index is 10.7. The zero-order valence-corrected chi connectivity index (χ0v) is 13.4. The normalized spacial score (nSPS) is 10.8. The third-order valence-corrected chi connectivity index (χ3v) is 4.54. The lowest BCUT2D eigenvalue weighted by Crippen LogP contribution is -1.97. The average Bonchev–Trinajstić information content (AvgIpc) is 3.26. The molecular weight excluding hydrogens is 322 g/mol. The van der Waals surface area contributed by atoms with Crippen molar-refractivity contribution in [2.45, 2.75) is 6.61 Å². The van der Waals surface area contributed by atoms with Gasteiger partial charge >= 0.3 is 0 Å². The summed E-state index contributed by atoms with van der Waals surface area (Å²) in [6, 6.07) is 17.3. The Labute approximate surface area is 142 Å². The van der Waals surface area contributed by atoms with E-state index in [1.165, 1.54) is 0 Å². The van der Waals surface area contributed by atoms with Crippen LogP contribution in [0, 0.1) is 0 Å². The molecular formula is C18H13N3O2S. The van der Waals surface area contributed by atoms with Gasteiger partial charge in [0.1, 0.15) is 23.1 Å². The van der Waals surface area contributed by atoms with Gasteiger partial charge in [-0.25, -0.2) is 9.67 Å². The largest absolute Gasteiger partial charge is 0.486 e. The first kappa shape index (κ1) is 14.6. The number of para-hydroxylation sites is 1. The predicted octanol–water partition coefficient (Wildman–Crippen LogP) is 3.87. The van der Waals surface area contributed by atoms with E-state index in [0.29, 0.717) is 12.3 Å². The van der Waals surface area contributed by atoms with Crippen molar-refractivity contribution in [2.24, 2.45) is 0 Å². The number of hydrogen-bond acceptors (Lipinski definition) is 5. The molecule has 0 radical (unpaired) electrons. The van der Waals surface area contributed by atoms with Crippen molar-refractivity contribution in [3.63, 3.8) is 0 Å². The van der Waals surface area contributed by atoms with E-state index < -0.39 is 0 Å². The van der Waals surface area contributed by atoms with Crippen LogP contribution in [0.3, 0.4) is 0 Å². The monoisotopic (exact) mass is 335 g/mol. The first-order chi connectivity index (χ1) is 11.8. The van der Waals surface area contributed by atoms with Gasteiger partial charge in [0.25, 0.3) is 0 Å². The maximum atomic E-state index is 10.7. The minimum absolute atomic E-state index is 0.408. The standard InChI is InChI=1S/C18H13N3O2S/c22-11-13-9-10-21(20-13)14-5-7-15(8-6-14)23-12-18-19-16-3-1-2-4-17(16)24-18/h1-11H,12H2. The first-order valence-corrected chi connectivity index (χ1v) is 8.22. The van der Waals surface area contributed by atoms with E-state index in [2.05, 4.69) is 16.1 Å². The van der Waals surface area contributed by atoms with Crippen molar-refractivity contribution in [1.29, 1.82) is 0 Å². The van der Waals surface area contributed by atoms with Crippen LogP contribution in [0.25, 0.3) is 15.9 Å². The highest BCUT2D eigenvalue weighted by Gasteiger charge is 2.05. The third-order valence-electron chi connectivity index (χ3n) is 3.53. The van der Waals surface area contributed by atoms with Gasteiger partial charge in [-0.05, 0) is 42.5 Å². The molecule has 0 aliphatic rings. The summed E-state index contributed by atoms with van der Waals surface area (Å²) in [5.74, 6) is 0.765. The lowest BCUT2D eigenvalue weighted by molar-refractivity contribution is 0.111. The van der Waals surface area contributed by atoms with Crippen molar-refractivity contribution in [3.05, 3.63) is 71.5 Å². The van der Waals surface area contributed by atoms with E-state index >= 15 is 0 Å². The smallest absolute Gasteiger partial charge is 0.170 e. The lowest BCUT2D eigenvalue weighted by atomic mass is 10.3. The summed E-state index contributed by atoms with van der Waals surface area (Å²) in [6.45, 7) is 0.440. The third kappa shape index (κ3) is 2.91. The zero-order chi connectivity index (χ0) is 16.4. The Morgan fingerprint density at radius 1 is 1.08 bits per heavy atom. The van der Waals surface area contributed by atoms with Gasteiger partial charge < -0.3 is 4.74 Å². The fraction of sp³-hybridized carbons (Fsp3) is 0.0556. The second-order valence-corrected chi connectivity index (χ2v) is 6.28. The number of rotatable bonds is 5. The zero-order valence-electron chi connectivity index (χ0n) is 12.6. The van der Waals surface area contributed by atoms with Crippen molar-refractivity contribution in [2.75, 3.05) is 0 Å². The average molecular weight is 335 g/mol. The number of carbonyl (C=O) groups excluding carboxylic acids is 1. The molecule has 0 atom stereocenters. The topological polar surface area (TPSA) is 57.0 Å². The summed E-state index contributed by atoms with van der Waals surface area (Å²) in [6.07, 6.45) is 2.48. The molecule has 0 spiro atoms. The van der Waals surface area contributed by atoms with E-state index in [9.17, 15) is 4.79 Å². The number of ether oxygens (including phenoxy) is 1. The van der Waals surface area contributed by atoms with Crippen LogP contribution in [-0.2, 0) is 6.61 Å². The van der Waals surface area contributed by atoms with Crippen molar-refractivity contribution in [3.8, 4) is 11.4 Å². The van der Waals surface area contributed by atoms with Gasteiger partial charge in [0.15, 0.2) is 6.29 Å². The van der Waals surface area contributed by atoms with Crippen LogP contribution in [-0.4, -0.2) is 21.1 Å². The molecule has 0 amide bonds. The summed E-state index contributed by atoms with van der Waals surface area (Å²) in [5, 5.41) is 5.09. The second-order valence-electron chi connectivity index (χ2n) is 5.16. The van der Waals surface area contributed by atoms with Crippen LogP contribution in [0.5, 0.6) is 5.75 Å². The number of thiazole rings is 1. The SMILES string of the molecule is O=Cc1ccn(-c2ccc(OCc3nc4ccccc4s3)cc2)n1. The molecule has 2 aromatic heterocycles. The van der Waals surface area contributed by atoms with Gasteiger partial charge in [0, 0.05) is 6.20 Å². The summed E-state index contributed by atoms with van der Waals surface area (Å²) in [4.78, 5) is 15.2. The van der Waals surface area contributed by atoms with E-state index in [1.807, 2.05) is 42.5 Å². The number of hydrogen-bond donors (Lipinski definition) is 0. The van der Waals surface area contributed by atoms with Crippen molar-refractivity contribution < 1.29 is 9.53 Å². The van der Waals surface area contributed by atoms with E-state index in [1.54, 1.807) is 28.3 Å². The molecule has 0 unspecified atom stereocenters. The summed E-state index contributed by atoms with van der Waals surface area (Å²) >= 11 is 1.64. The molecule has 6 heteroatoms. The molecule has 2 aromatic carbocycles. The van der Waals surface area contributed by atoms with E-state index in [0.717, 1.165) is 32.9 Å². The fourth-order valence-corrected chi connectivity index (χ4v) is 3.25. The molecule has 0 saturated heterocycles. The minimum Gasteiger partial charge on any atom is -0.486 e. The molecule has 24 heavy (non-hydrogen) atoms. The van der Waals surface area contributed by atoms with Crippen LogP contribution in [0.2, 0.25) is 0 Å². The van der Waals surface area contributed by atoms with E-state index in [-0.39, 0.29) is 0 Å². The molecule has 118 valence electrons. The Hall–Kier alpha value is -2.99. The van der Waals surface area contributed by atoms with Gasteiger partial charge in [-0.3, -0.25) is 4.79 Å². The van der Waals surface area contributed by atoms with E-state index in [4.69, 9.17) is 4.74 Å². The molecule has 0 fully saturated rings. The Bertz CT molecular complexity index is 956. The fourth-order valence-electron chi connectivity index (χ4n) is 2.37. The highest BCUT2D eigenvalue weighted by Crippen LogP contribution is 2.23. The van der Waals surface area contributed by atoms with Crippen LogP contribution < -0.4 is 4.74 Å². The minimum atomic E-state index is 0.408. The van der Waals surface area contributed by atoms with Crippen molar-refractivity contribution >= 4 is 27.8 Å². The van der Waals surface area contributed by atoms with Crippen LogP contribution in [0.4, 0.5) is 0 Å². The number of nitrogens with zero attached hydrogens (tertiary/aromatic N) is 3. The predicted molar refractivity (Wildman–Crippen MR) is 92.9 cm³/mol. The quantitative estimate of drug-likeness (QED) is 0.520. The molecule has 0 aliphatic carbocycles. The number of aldehydes is 1. The number of fused-ring (bicyclic) bond motifs is 1. The maximum Gasteiger partial charge on any atom is 0.170 e. The van der Waals surface area contributed by atoms with Gasteiger partial charge in [-0.2, -0.15) is 5.10 Å². The number of carbonyl (C=O) groups is 1. The van der Waals surface area contributed by atoms with Gasteiger partial charge in [-0.15, -0.1) is 11.3 Å². The van der Waals surface area contributed by atoms with Crippen molar-refractivity contribution in [1.82, 2.24) is 14.8 Å². The van der Waals surface area contributed by atoms with Gasteiger partial charge in [0.2, 0.25) is 0 Å². The second kappa shape index (κ2) is 6.25. The Morgan fingerprint density at radius 2 is 1.92 bits per heavy atom. The Kier molecular flexibility index (Phi) is 3.80. The molecule has 2 heterocycles. The molecule has 4 aromatic rings. The molecule has 5 nitrogen and oxygen atoms in total. The highest BCUT2D eigenvalue weighted by atomic mass is 32.1. The van der Waals surface area contributed by atoms with Crippen LogP contribution >= 0.6 is 11.3 Å². The molecule has 0 bridgehead atoms. The molecule has 0 N–H and O–H groups in total. The summed E-state index contributed by atoms with van der Waals surface area (Å²) < 4.78 is 8.62. The van der Waals surface area contributed by atoms with Gasteiger partial charge in [-0.1, -0.05) is 12.1 Å². The Balaban J connectivity index is 1.46. The number of benzene rings is 2. The molecule has 4 rings (SSSR count). The van der Waals surface area contributed by atoms with Gasteiger partial charge in [0.05, 0.1) is 15.9 Å². The van der Waals surface area contributed by atoms with Crippen LogP contribution in [0.1, 0.15) is 15.5 Å². The lowest BCUT2D eigenvalue weighted by Gasteiger charge is -2.05. The Morgan fingerprint density at radius 3 is 2.67 bits per heavy atom. The number of aromatic nitrogens is 3. The first-order valence-electron chi connectivity index (χ1n) is 7.40. The summed E-state index contributed by atoms with van der Waals surface area (Å²) in [5.41, 5.74) is 2.28. The summed E-state index contributed by atoms with van der Waals surface area (Å²) in [7, 11) is 0. The van der Waals surface area contributed by atoms with Crippen LogP contribution in [0.15, 0.2) is 60.8 Å². The molecule has 0 saturated carbocycles. The molecule has 0 aliphatic heterocycles.